The van der Waals surface area contributed by atoms with Gasteiger partial charge in [0.05, 0.1) is 11.3 Å². The summed E-state index contributed by atoms with van der Waals surface area (Å²) in [6, 6.07) is 3.48. The highest BCUT2D eigenvalue weighted by molar-refractivity contribution is 7.91. The van der Waals surface area contributed by atoms with Gasteiger partial charge >= 0.3 is 0 Å². The normalized spacial score (nSPS) is 15.2. The molecule has 6 heteroatoms. The molecule has 0 saturated heterocycles. The van der Waals surface area contributed by atoms with E-state index in [0.717, 1.165) is 6.42 Å². The summed E-state index contributed by atoms with van der Waals surface area (Å²) >= 11 is 6.06. The summed E-state index contributed by atoms with van der Waals surface area (Å²) in [5, 5.41) is 2.81. The zero-order chi connectivity index (χ0) is 14.6. The molecule has 19 heavy (non-hydrogen) atoms. The first kappa shape index (κ1) is 16.4. The van der Waals surface area contributed by atoms with Gasteiger partial charge in [-0.2, -0.15) is 0 Å². The Labute approximate surface area is 119 Å². The molecule has 2 atom stereocenters. The van der Waals surface area contributed by atoms with Crippen molar-refractivity contribution in [3.05, 3.63) is 34.6 Å². The third-order valence-corrected chi connectivity index (χ3v) is 5.02. The van der Waals surface area contributed by atoms with Crippen LogP contribution in [0, 0.1) is 5.82 Å². The molecule has 0 heterocycles. The number of nitrogens with one attached hydrogen (secondary N) is 1. The van der Waals surface area contributed by atoms with Crippen LogP contribution in [0.25, 0.3) is 0 Å². The second-order valence-corrected chi connectivity index (χ2v) is 7.44. The van der Waals surface area contributed by atoms with E-state index in [1.54, 1.807) is 6.92 Å². The summed E-state index contributed by atoms with van der Waals surface area (Å²) in [4.78, 5) is 0. The minimum absolute atomic E-state index is 0.366. The summed E-state index contributed by atoms with van der Waals surface area (Å²) in [7, 11) is -3.25. The number of hydrogen-bond acceptors (Lipinski definition) is 3. The van der Waals surface area contributed by atoms with Crippen LogP contribution >= 0.6 is 11.6 Å². The number of sulfone groups is 1. The van der Waals surface area contributed by atoms with E-state index in [-0.39, 0.29) is 0 Å². The summed E-state index contributed by atoms with van der Waals surface area (Å²) in [6.45, 7) is 4.21. The lowest BCUT2D eigenvalue weighted by molar-refractivity contribution is 0.497. The van der Waals surface area contributed by atoms with E-state index < -0.39 is 26.9 Å². The molecular weight excluding hydrogens is 289 g/mol. The number of halogens is 2. The summed E-state index contributed by atoms with van der Waals surface area (Å²) in [5.41, 5.74) is 0.480. The monoisotopic (exact) mass is 307 g/mol. The smallest absolute Gasteiger partial charge is 0.151 e. The van der Waals surface area contributed by atoms with Crippen LogP contribution in [0.4, 0.5) is 4.39 Å². The minimum Gasteiger partial charge on any atom is -0.309 e. The fourth-order valence-corrected chi connectivity index (χ4v) is 2.80. The molecule has 0 aliphatic heterocycles. The van der Waals surface area contributed by atoms with Crippen molar-refractivity contribution in [2.45, 2.75) is 31.6 Å². The number of hydrogen-bond donors (Lipinski definition) is 1. The van der Waals surface area contributed by atoms with E-state index >= 15 is 0 Å². The van der Waals surface area contributed by atoms with Crippen LogP contribution in [-0.4, -0.2) is 26.5 Å². The molecule has 0 saturated carbocycles. The maximum atomic E-state index is 13.4. The first-order valence-electron chi connectivity index (χ1n) is 6.14. The van der Waals surface area contributed by atoms with E-state index in [0.29, 0.717) is 17.1 Å². The Morgan fingerprint density at radius 1 is 1.42 bits per heavy atom. The standard InChI is InChI=1S/C13H19ClFNO2S/c1-4-7-16-13(9(2)19(3,17)18)11-8-10(15)5-6-12(11)14/h5-6,8-9,13,16H,4,7H2,1-3H3. The largest absolute Gasteiger partial charge is 0.309 e. The molecule has 2 unspecified atom stereocenters. The van der Waals surface area contributed by atoms with Crippen LogP contribution in [0.2, 0.25) is 5.02 Å². The van der Waals surface area contributed by atoms with Crippen molar-refractivity contribution in [2.24, 2.45) is 0 Å². The van der Waals surface area contributed by atoms with E-state index in [4.69, 9.17) is 11.6 Å². The minimum atomic E-state index is -3.25. The molecule has 0 aliphatic rings. The molecule has 0 amide bonds. The van der Waals surface area contributed by atoms with Gasteiger partial charge in [-0.1, -0.05) is 18.5 Å². The Hall–Kier alpha value is -0.650. The van der Waals surface area contributed by atoms with Crippen molar-refractivity contribution < 1.29 is 12.8 Å². The highest BCUT2D eigenvalue weighted by Crippen LogP contribution is 2.29. The van der Waals surface area contributed by atoms with Gasteiger partial charge < -0.3 is 5.32 Å². The molecule has 0 aromatic heterocycles. The second kappa shape index (κ2) is 6.68. The Morgan fingerprint density at radius 2 is 2.05 bits per heavy atom. The van der Waals surface area contributed by atoms with Crippen LogP contribution in [0.3, 0.4) is 0 Å². The Balaban J connectivity index is 3.19. The van der Waals surface area contributed by atoms with Crippen molar-refractivity contribution in [1.29, 1.82) is 0 Å². The predicted molar refractivity (Wildman–Crippen MR) is 76.8 cm³/mol. The highest BCUT2D eigenvalue weighted by atomic mass is 35.5. The lowest BCUT2D eigenvalue weighted by Crippen LogP contribution is -2.35. The van der Waals surface area contributed by atoms with Gasteiger partial charge in [0.15, 0.2) is 9.84 Å². The lowest BCUT2D eigenvalue weighted by atomic mass is 10.0. The number of rotatable bonds is 6. The van der Waals surface area contributed by atoms with E-state index in [2.05, 4.69) is 5.32 Å². The quantitative estimate of drug-likeness (QED) is 0.879. The van der Waals surface area contributed by atoms with Gasteiger partial charge in [-0.05, 0) is 43.7 Å². The van der Waals surface area contributed by atoms with E-state index in [1.807, 2.05) is 6.92 Å². The molecule has 1 rings (SSSR count). The molecular formula is C13H19ClFNO2S. The zero-order valence-corrected chi connectivity index (χ0v) is 12.9. The number of benzene rings is 1. The first-order chi connectivity index (χ1) is 8.77. The molecule has 0 fully saturated rings. The topological polar surface area (TPSA) is 46.2 Å². The highest BCUT2D eigenvalue weighted by Gasteiger charge is 2.28. The van der Waals surface area contributed by atoms with Crippen LogP contribution in [0.5, 0.6) is 0 Å². The van der Waals surface area contributed by atoms with Crippen molar-refractivity contribution in [1.82, 2.24) is 5.32 Å². The van der Waals surface area contributed by atoms with Gasteiger partial charge in [-0.25, -0.2) is 12.8 Å². The maximum Gasteiger partial charge on any atom is 0.151 e. The Bertz CT molecular complexity index is 533. The third-order valence-electron chi connectivity index (χ3n) is 3.05. The fraction of sp³-hybridized carbons (Fsp3) is 0.538. The van der Waals surface area contributed by atoms with Crippen molar-refractivity contribution in [2.75, 3.05) is 12.8 Å². The average molecular weight is 308 g/mol. The summed E-state index contributed by atoms with van der Waals surface area (Å²) in [6.07, 6.45) is 2.02. The molecule has 1 aromatic rings. The van der Waals surface area contributed by atoms with E-state index in [9.17, 15) is 12.8 Å². The molecule has 1 N–H and O–H groups in total. The zero-order valence-electron chi connectivity index (χ0n) is 11.3. The van der Waals surface area contributed by atoms with Gasteiger partial charge in [0, 0.05) is 11.3 Å². The Kier molecular flexibility index (Phi) is 5.77. The summed E-state index contributed by atoms with van der Waals surface area (Å²) < 4.78 is 36.8. The average Bonchev–Trinajstić information content (AvgIpc) is 2.32. The maximum absolute atomic E-state index is 13.4. The lowest BCUT2D eigenvalue weighted by Gasteiger charge is -2.25. The predicted octanol–water partition coefficient (Wildman–Crippen LogP) is 2.95. The second-order valence-electron chi connectivity index (χ2n) is 4.63. The molecule has 0 spiro atoms. The molecule has 0 radical (unpaired) electrons. The van der Waals surface area contributed by atoms with Crippen molar-refractivity contribution in [3.63, 3.8) is 0 Å². The van der Waals surface area contributed by atoms with Crippen LogP contribution in [0.1, 0.15) is 31.9 Å². The SMILES string of the molecule is CCCNC(c1cc(F)ccc1Cl)C(C)S(C)(=O)=O. The van der Waals surface area contributed by atoms with Gasteiger partial charge in [0.2, 0.25) is 0 Å². The van der Waals surface area contributed by atoms with E-state index in [1.165, 1.54) is 24.5 Å². The van der Waals surface area contributed by atoms with Crippen LogP contribution in [-0.2, 0) is 9.84 Å². The fourth-order valence-electron chi connectivity index (χ4n) is 1.83. The summed E-state index contributed by atoms with van der Waals surface area (Å²) in [5.74, 6) is -0.427. The van der Waals surface area contributed by atoms with Gasteiger partial charge in [0.25, 0.3) is 0 Å². The molecule has 108 valence electrons. The molecule has 0 bridgehead atoms. The van der Waals surface area contributed by atoms with Crippen LogP contribution in [0.15, 0.2) is 18.2 Å². The van der Waals surface area contributed by atoms with Crippen molar-refractivity contribution in [3.8, 4) is 0 Å². The van der Waals surface area contributed by atoms with Gasteiger partial charge in [-0.15, -0.1) is 0 Å². The molecule has 0 aliphatic carbocycles. The van der Waals surface area contributed by atoms with Gasteiger partial charge in [0.1, 0.15) is 5.82 Å². The van der Waals surface area contributed by atoms with Gasteiger partial charge in [-0.3, -0.25) is 0 Å². The molecule has 1 aromatic carbocycles. The van der Waals surface area contributed by atoms with Crippen LogP contribution < -0.4 is 5.32 Å². The molecule has 3 nitrogen and oxygen atoms in total. The first-order valence-corrected chi connectivity index (χ1v) is 8.47. The third kappa shape index (κ3) is 4.44. The Morgan fingerprint density at radius 3 is 2.58 bits per heavy atom. The van der Waals surface area contributed by atoms with Crippen molar-refractivity contribution >= 4 is 21.4 Å².